The van der Waals surface area contributed by atoms with Crippen LogP contribution in [-0.4, -0.2) is 148 Å². The van der Waals surface area contributed by atoms with Gasteiger partial charge in [-0.05, 0) is 162 Å². The molecular formula is C86H108N14O10. The van der Waals surface area contributed by atoms with E-state index in [0.29, 0.717) is 29.8 Å². The molecule has 16 rings (SSSR count). The molecule has 3 aliphatic heterocycles. The van der Waals surface area contributed by atoms with Crippen LogP contribution in [0.4, 0.5) is 14.4 Å². The lowest BCUT2D eigenvalue weighted by atomic mass is 9.82. The highest BCUT2D eigenvalue weighted by molar-refractivity contribution is 5.88. The van der Waals surface area contributed by atoms with Gasteiger partial charge >= 0.3 is 24.2 Å². The van der Waals surface area contributed by atoms with E-state index in [1.54, 1.807) is 13.8 Å². The van der Waals surface area contributed by atoms with Gasteiger partial charge in [0, 0.05) is 24.0 Å². The number of carbonyl (C=O) groups excluding carboxylic acids is 5. The lowest BCUT2D eigenvalue weighted by molar-refractivity contribution is -0.141. The van der Waals surface area contributed by atoms with E-state index in [1.807, 2.05) is 62.3 Å². The number of nitrogens with zero attached hydrogens (tertiary/aromatic N) is 6. The van der Waals surface area contributed by atoms with Crippen molar-refractivity contribution >= 4 is 36.1 Å². The number of rotatable bonds is 19. The van der Waals surface area contributed by atoms with Gasteiger partial charge in [0.25, 0.3) is 0 Å². The minimum Gasteiger partial charge on any atom is -0.480 e. The van der Waals surface area contributed by atoms with Gasteiger partial charge in [0.1, 0.15) is 41.4 Å². The summed E-state index contributed by atoms with van der Waals surface area (Å²) in [5, 5.41) is 20.1. The molecule has 24 nitrogen and oxygen atoms in total. The zero-order valence-corrected chi connectivity index (χ0v) is 64.8. The Kier molecular flexibility index (Phi) is 23.4. The zero-order valence-electron chi connectivity index (χ0n) is 64.8. The maximum absolute atomic E-state index is 14.2. The van der Waals surface area contributed by atoms with E-state index in [0.717, 1.165) is 132 Å². The summed E-state index contributed by atoms with van der Waals surface area (Å²) in [6, 6.07) is 33.2. The molecule has 582 valence electrons. The van der Waals surface area contributed by atoms with E-state index in [-0.39, 0.29) is 53.7 Å². The molecular weight excluding hydrogens is 1390 g/mol. The third-order valence-electron chi connectivity index (χ3n) is 25.1. The number of nitrogens with one attached hydrogen (secondary N) is 8. The number of carbonyl (C=O) groups is 6. The van der Waals surface area contributed by atoms with Crippen molar-refractivity contribution in [2.24, 2.45) is 47.3 Å². The lowest BCUT2D eigenvalue weighted by Gasteiger charge is -2.37. The average molecular weight is 1500 g/mol. The first kappa shape index (κ1) is 76.7. The Morgan fingerprint density at radius 3 is 1.25 bits per heavy atom. The summed E-state index contributed by atoms with van der Waals surface area (Å²) in [5.74, 6) is 6.17. The first-order valence-electron chi connectivity index (χ1n) is 40.0. The molecule has 3 saturated heterocycles. The van der Waals surface area contributed by atoms with E-state index >= 15 is 0 Å². The standard InChI is InChI=1S/C46H58N8O6.C33H37N5.C7H13NO4/c1-25(2)38(51-45(57)59-5)43(55)53-33-20-19-32(21-33)40(53)42-48-24-35(50-42)30-17-13-28(14-18-30)27-11-15-29(16-12-27)34-23-47-41(49-34)37-22-31-9-7-8-10-36(31)54(37)44(56)39(26(3)4)52-46(58)60-6;1-2-4-25-16-27(15-24(25)3-1)32-34-18-29(37-32)22-9-5-20(6-10-22)21-7-11-23(12-8-21)30-19-35-33(38-30)31-26-13-14-28(17-26)36-31;1-4(2)5(6(9)10)8-7(11)12-3/h11-18,23-26,31-33,36-40H,7-10,19-22H2,1-6H3,(H,47,49)(H,48,50)(H,51,57)(H,52,58);5-12,18-19,24-28,31,36H,1-4,13-17H2,(H,34,37)(H,35,38);4-5H,1-3H3,(H,8,11)(H,9,10)/t31?,32?,33?,36?,37-,38-,39-,40-;24?,25?,26?,27?,28?,31-;5-/m000/s1. The summed E-state index contributed by atoms with van der Waals surface area (Å²) in [6.45, 7) is 11.1. The number of H-pyrrole nitrogens is 4. The van der Waals surface area contributed by atoms with Gasteiger partial charge in [-0.1, -0.05) is 177 Å². The Morgan fingerprint density at radius 2 is 0.800 bits per heavy atom. The van der Waals surface area contributed by atoms with Crippen molar-refractivity contribution in [2.45, 2.75) is 211 Å². The summed E-state index contributed by atoms with van der Waals surface area (Å²) in [5.41, 5.74) is 13.0. The van der Waals surface area contributed by atoms with E-state index in [2.05, 4.69) is 143 Å². The van der Waals surface area contributed by atoms with Crippen molar-refractivity contribution in [1.82, 2.24) is 70.9 Å². The highest BCUT2D eigenvalue weighted by Gasteiger charge is 2.53. The topological polar surface area (TPSA) is 320 Å². The van der Waals surface area contributed by atoms with Crippen LogP contribution >= 0.6 is 0 Å². The second kappa shape index (κ2) is 33.6. The molecule has 5 amide bonds. The number of fused-ring (bicyclic) bond motifs is 6. The maximum atomic E-state index is 14.2. The Bertz CT molecular complexity index is 4490. The van der Waals surface area contributed by atoms with E-state index in [1.165, 1.54) is 107 Å². The molecule has 8 aromatic rings. The van der Waals surface area contributed by atoms with Gasteiger partial charge in [0.15, 0.2) is 0 Å². The molecule has 5 saturated carbocycles. The van der Waals surface area contributed by atoms with E-state index < -0.39 is 42.4 Å². The predicted octanol–water partition coefficient (Wildman–Crippen LogP) is 15.9. The van der Waals surface area contributed by atoms with Gasteiger partial charge in [0.05, 0.1) is 87.0 Å². The minimum absolute atomic E-state index is 0.0820. The fourth-order valence-electron chi connectivity index (χ4n) is 19.2. The number of hydrogen-bond donors (Lipinski definition) is 9. The Morgan fingerprint density at radius 1 is 0.409 bits per heavy atom. The van der Waals surface area contributed by atoms with Crippen molar-refractivity contribution in [3.05, 3.63) is 145 Å². The molecule has 4 aromatic carbocycles. The van der Waals surface area contributed by atoms with Crippen molar-refractivity contribution in [3.8, 4) is 67.3 Å². The molecule has 8 fully saturated rings. The number of piperidine rings is 2. The van der Waals surface area contributed by atoms with Crippen molar-refractivity contribution < 1.29 is 48.1 Å². The number of amides is 5. The molecule has 0 spiro atoms. The van der Waals surface area contributed by atoms with Crippen LogP contribution in [0, 0.1) is 47.3 Å². The molecule has 24 heteroatoms. The van der Waals surface area contributed by atoms with Gasteiger partial charge in [-0.25, -0.2) is 39.1 Å². The molecule has 5 aliphatic carbocycles. The number of alkyl carbamates (subject to hydrolysis) is 3. The minimum atomic E-state index is -1.06. The molecule has 14 atom stereocenters. The third kappa shape index (κ3) is 16.5. The molecule has 8 unspecified atom stereocenters. The predicted molar refractivity (Wildman–Crippen MR) is 419 cm³/mol. The molecule has 110 heavy (non-hydrogen) atoms. The van der Waals surface area contributed by atoms with Crippen molar-refractivity contribution in [1.29, 1.82) is 0 Å². The van der Waals surface area contributed by atoms with Crippen LogP contribution in [0.2, 0.25) is 0 Å². The number of aliphatic carboxylic acids is 1. The first-order valence-corrected chi connectivity index (χ1v) is 40.0. The normalized spacial score (nSPS) is 25.0. The van der Waals surface area contributed by atoms with Gasteiger partial charge in [0.2, 0.25) is 11.8 Å². The second-order valence-corrected chi connectivity index (χ2v) is 32.9. The van der Waals surface area contributed by atoms with Crippen LogP contribution in [0.15, 0.2) is 122 Å². The number of aromatic nitrogens is 8. The molecule has 7 heterocycles. The number of benzene rings is 4. The number of carboxylic acid groups (broad SMARTS) is 1. The van der Waals surface area contributed by atoms with Crippen molar-refractivity contribution in [3.63, 3.8) is 0 Å². The number of hydrogen-bond acceptors (Lipinski definition) is 14. The fraction of sp³-hybridized carbons (Fsp3) is 0.512. The monoisotopic (exact) mass is 1500 g/mol. The number of aromatic amines is 4. The molecule has 4 bridgehead atoms. The SMILES string of the molecule is COC(=O)N[C@H](C(=O)N1C2CCC(C2)[C@H]1c1ncc(-c2ccc(-c3ccc(-c4cnc([C@@H]5CC6CCCCC6N5C(=O)[C@@H](NC(=O)OC)C(C)C)[nH]4)cc3)cc2)[nH]1)C(C)C.COC(=O)N[C@H](C(=O)O)C(C)C.c1cc(-c2cnc(C3CC4CCCCC4C3)[nH]2)ccc1-c1ccc(-c2cnc([C@H]3NC4CCC3C4)[nH]2)cc1. The van der Waals surface area contributed by atoms with Gasteiger partial charge in [-0.15, -0.1) is 0 Å². The van der Waals surface area contributed by atoms with E-state index in [9.17, 15) is 28.8 Å². The number of carboxylic acids is 1. The van der Waals surface area contributed by atoms with Crippen LogP contribution in [-0.2, 0) is 28.6 Å². The summed E-state index contributed by atoms with van der Waals surface area (Å²) in [7, 11) is 3.81. The number of imidazole rings is 4. The molecule has 0 radical (unpaired) electrons. The van der Waals surface area contributed by atoms with Gasteiger partial charge in [-0.2, -0.15) is 0 Å². The van der Waals surface area contributed by atoms with Crippen LogP contribution in [0.1, 0.15) is 198 Å². The zero-order chi connectivity index (χ0) is 77.0. The quantitative estimate of drug-likeness (QED) is 0.0340. The number of ether oxygens (including phenoxy) is 3. The van der Waals surface area contributed by atoms with Crippen LogP contribution in [0.3, 0.4) is 0 Å². The lowest BCUT2D eigenvalue weighted by Crippen LogP contribution is -2.54. The summed E-state index contributed by atoms with van der Waals surface area (Å²) in [6.07, 6.45) is 26.1. The van der Waals surface area contributed by atoms with Gasteiger partial charge < -0.3 is 70.3 Å². The highest BCUT2D eigenvalue weighted by atomic mass is 16.5. The summed E-state index contributed by atoms with van der Waals surface area (Å²) < 4.78 is 14.0. The number of likely N-dealkylation sites (tertiary alicyclic amines) is 2. The summed E-state index contributed by atoms with van der Waals surface area (Å²) >= 11 is 0. The molecule has 9 N–H and O–H groups in total. The van der Waals surface area contributed by atoms with Crippen molar-refractivity contribution in [2.75, 3.05) is 21.3 Å². The second-order valence-electron chi connectivity index (χ2n) is 32.9. The highest BCUT2D eigenvalue weighted by Crippen LogP contribution is 2.52. The van der Waals surface area contributed by atoms with E-state index in [4.69, 9.17) is 34.5 Å². The smallest absolute Gasteiger partial charge is 0.407 e. The van der Waals surface area contributed by atoms with Crippen LogP contribution in [0.5, 0.6) is 0 Å². The Labute approximate surface area is 644 Å². The molecule has 4 aromatic heterocycles. The fourth-order valence-corrected chi connectivity index (χ4v) is 19.2. The largest absolute Gasteiger partial charge is 0.480 e. The third-order valence-corrected chi connectivity index (χ3v) is 25.1. The maximum Gasteiger partial charge on any atom is 0.407 e. The molecule has 8 aliphatic rings. The van der Waals surface area contributed by atoms with Crippen LogP contribution < -0.4 is 21.3 Å². The first-order chi connectivity index (χ1) is 53.2. The van der Waals surface area contributed by atoms with Crippen LogP contribution in [0.25, 0.3) is 67.3 Å². The average Bonchev–Trinajstić information content (AvgIpc) is 1.59. The Hall–Kier alpha value is -10.1. The van der Waals surface area contributed by atoms with Gasteiger partial charge in [-0.3, -0.25) is 9.59 Å². The number of methoxy groups -OCH3 is 3. The Balaban J connectivity index is 0.000000170. The summed E-state index contributed by atoms with van der Waals surface area (Å²) in [4.78, 5) is 111.